The van der Waals surface area contributed by atoms with E-state index in [1.165, 1.54) is 6.07 Å². The number of nitrogens with zero attached hydrogens (tertiary/aromatic N) is 1. The second kappa shape index (κ2) is 6.12. The lowest BCUT2D eigenvalue weighted by Crippen LogP contribution is -2.49. The second-order valence-electron chi connectivity index (χ2n) is 5.80. The molecule has 1 aromatic rings. The van der Waals surface area contributed by atoms with Gasteiger partial charge in [-0.3, -0.25) is 4.79 Å². The number of rotatable bonds is 2. The van der Waals surface area contributed by atoms with Crippen molar-refractivity contribution in [3.8, 4) is 0 Å². The van der Waals surface area contributed by atoms with Gasteiger partial charge in [-0.05, 0) is 43.5 Å². The largest absolute Gasteiger partial charge is 0.370 e. The minimum absolute atomic E-state index is 0.0429. The van der Waals surface area contributed by atoms with Crippen LogP contribution in [-0.4, -0.2) is 43.1 Å². The van der Waals surface area contributed by atoms with Gasteiger partial charge in [0.05, 0.1) is 19.2 Å². The molecule has 3 rings (SSSR count). The van der Waals surface area contributed by atoms with Crippen LogP contribution in [0, 0.1) is 12.7 Å². The van der Waals surface area contributed by atoms with Gasteiger partial charge in [0.1, 0.15) is 11.9 Å². The number of benzene rings is 1. The van der Waals surface area contributed by atoms with Crippen molar-refractivity contribution < 1.29 is 13.9 Å². The average molecular weight is 292 g/mol. The molecular formula is C16H21FN2O2. The first-order valence-corrected chi connectivity index (χ1v) is 7.55. The summed E-state index contributed by atoms with van der Waals surface area (Å²) in [5.74, 6) is -0.0442. The van der Waals surface area contributed by atoms with E-state index >= 15 is 0 Å². The highest BCUT2D eigenvalue weighted by atomic mass is 19.1. The summed E-state index contributed by atoms with van der Waals surface area (Å²) < 4.78 is 19.1. The fraction of sp³-hybridized carbons (Fsp3) is 0.562. The maximum atomic E-state index is 13.4. The monoisotopic (exact) mass is 292 g/mol. The first-order chi connectivity index (χ1) is 10.1. The van der Waals surface area contributed by atoms with Gasteiger partial charge in [0.2, 0.25) is 5.91 Å². The van der Waals surface area contributed by atoms with Crippen LogP contribution in [-0.2, 0) is 9.53 Å². The van der Waals surface area contributed by atoms with Crippen LogP contribution < -0.4 is 5.32 Å². The molecule has 2 heterocycles. The zero-order chi connectivity index (χ0) is 14.8. The predicted octanol–water partition coefficient (Wildman–Crippen LogP) is 1.79. The average Bonchev–Trinajstić information content (AvgIpc) is 3.04. The van der Waals surface area contributed by atoms with Gasteiger partial charge in [0, 0.05) is 6.54 Å². The Bertz CT molecular complexity index is 529. The SMILES string of the molecule is Cc1cc(C2CN(C(=O)C3CCCN3)CCO2)ccc1F. The minimum Gasteiger partial charge on any atom is -0.370 e. The minimum atomic E-state index is -0.211. The lowest BCUT2D eigenvalue weighted by molar-refractivity contribution is -0.140. The molecule has 5 heteroatoms. The van der Waals surface area contributed by atoms with E-state index in [1.807, 2.05) is 11.0 Å². The Morgan fingerprint density at radius 2 is 2.33 bits per heavy atom. The maximum absolute atomic E-state index is 13.4. The molecule has 0 aliphatic carbocycles. The fourth-order valence-electron chi connectivity index (χ4n) is 3.03. The van der Waals surface area contributed by atoms with E-state index in [-0.39, 0.29) is 23.9 Å². The number of nitrogens with one attached hydrogen (secondary N) is 1. The first-order valence-electron chi connectivity index (χ1n) is 7.55. The van der Waals surface area contributed by atoms with Crippen molar-refractivity contribution in [3.05, 3.63) is 35.1 Å². The predicted molar refractivity (Wildman–Crippen MR) is 77.4 cm³/mol. The van der Waals surface area contributed by atoms with Crippen LogP contribution in [0.2, 0.25) is 0 Å². The molecule has 1 amide bonds. The van der Waals surface area contributed by atoms with Crippen LogP contribution in [0.4, 0.5) is 4.39 Å². The highest BCUT2D eigenvalue weighted by molar-refractivity contribution is 5.82. The molecule has 2 aliphatic heterocycles. The van der Waals surface area contributed by atoms with Crippen LogP contribution in [0.25, 0.3) is 0 Å². The van der Waals surface area contributed by atoms with E-state index in [9.17, 15) is 9.18 Å². The van der Waals surface area contributed by atoms with E-state index in [4.69, 9.17) is 4.74 Å². The van der Waals surface area contributed by atoms with Crippen molar-refractivity contribution in [2.45, 2.75) is 31.9 Å². The van der Waals surface area contributed by atoms with Gasteiger partial charge in [0.25, 0.3) is 0 Å². The van der Waals surface area contributed by atoms with Crippen LogP contribution in [0.3, 0.4) is 0 Å². The molecule has 0 spiro atoms. The molecule has 4 nitrogen and oxygen atoms in total. The van der Waals surface area contributed by atoms with Gasteiger partial charge in [-0.25, -0.2) is 4.39 Å². The summed E-state index contributed by atoms with van der Waals surface area (Å²) in [6.45, 7) is 4.36. The third-order valence-corrected chi connectivity index (χ3v) is 4.29. The zero-order valence-electron chi connectivity index (χ0n) is 12.3. The summed E-state index contributed by atoms with van der Waals surface area (Å²) in [6.07, 6.45) is 1.81. The highest BCUT2D eigenvalue weighted by Gasteiger charge is 2.31. The Morgan fingerprint density at radius 3 is 3.05 bits per heavy atom. The molecule has 0 saturated carbocycles. The van der Waals surface area contributed by atoms with E-state index in [0.717, 1.165) is 24.9 Å². The van der Waals surface area contributed by atoms with E-state index < -0.39 is 0 Å². The van der Waals surface area contributed by atoms with Gasteiger partial charge >= 0.3 is 0 Å². The highest BCUT2D eigenvalue weighted by Crippen LogP contribution is 2.25. The number of amides is 1. The fourth-order valence-corrected chi connectivity index (χ4v) is 3.03. The summed E-state index contributed by atoms with van der Waals surface area (Å²) in [7, 11) is 0. The third-order valence-electron chi connectivity index (χ3n) is 4.29. The molecule has 2 fully saturated rings. The summed E-state index contributed by atoms with van der Waals surface area (Å²) in [6, 6.07) is 4.97. The van der Waals surface area contributed by atoms with Crippen LogP contribution in [0.5, 0.6) is 0 Å². The summed E-state index contributed by atoms with van der Waals surface area (Å²) in [5.41, 5.74) is 1.54. The molecular weight excluding hydrogens is 271 g/mol. The number of halogens is 1. The number of ether oxygens (including phenoxy) is 1. The first kappa shape index (κ1) is 14.5. The Labute approximate surface area is 124 Å². The van der Waals surface area contributed by atoms with Gasteiger partial charge in [0.15, 0.2) is 0 Å². The van der Waals surface area contributed by atoms with Gasteiger partial charge < -0.3 is 15.0 Å². The number of carbonyl (C=O) groups is 1. The van der Waals surface area contributed by atoms with Crippen molar-refractivity contribution in [2.75, 3.05) is 26.2 Å². The number of carbonyl (C=O) groups excluding carboxylic acids is 1. The topological polar surface area (TPSA) is 41.6 Å². The molecule has 1 N–H and O–H groups in total. The Hall–Kier alpha value is -1.46. The zero-order valence-corrected chi connectivity index (χ0v) is 12.3. The van der Waals surface area contributed by atoms with Crippen LogP contribution in [0.1, 0.15) is 30.1 Å². The molecule has 2 atom stereocenters. The Morgan fingerprint density at radius 1 is 1.48 bits per heavy atom. The summed E-state index contributed by atoms with van der Waals surface area (Å²) in [4.78, 5) is 14.3. The Kier molecular flexibility index (Phi) is 4.22. The van der Waals surface area contributed by atoms with Crippen LogP contribution in [0.15, 0.2) is 18.2 Å². The molecule has 0 bridgehead atoms. The van der Waals surface area contributed by atoms with Gasteiger partial charge in [-0.15, -0.1) is 0 Å². The summed E-state index contributed by atoms with van der Waals surface area (Å²) >= 11 is 0. The molecule has 2 aliphatic rings. The smallest absolute Gasteiger partial charge is 0.239 e. The molecule has 2 unspecified atom stereocenters. The number of aryl methyl sites for hydroxylation is 1. The number of morpholine rings is 1. The standard InChI is InChI=1S/C16H21FN2O2/c1-11-9-12(4-5-13(11)17)15-10-19(7-8-21-15)16(20)14-3-2-6-18-14/h4-5,9,14-15,18H,2-3,6-8,10H2,1H3. The number of hydrogen-bond acceptors (Lipinski definition) is 3. The lowest BCUT2D eigenvalue weighted by atomic mass is 10.0. The van der Waals surface area contributed by atoms with Crippen LogP contribution >= 0.6 is 0 Å². The molecule has 2 saturated heterocycles. The van der Waals surface area contributed by atoms with Crippen molar-refractivity contribution in [2.24, 2.45) is 0 Å². The molecule has 0 radical (unpaired) electrons. The molecule has 0 aromatic heterocycles. The van der Waals surface area contributed by atoms with E-state index in [2.05, 4.69) is 5.32 Å². The molecule has 1 aromatic carbocycles. The molecule has 21 heavy (non-hydrogen) atoms. The Balaban J connectivity index is 1.70. The van der Waals surface area contributed by atoms with Gasteiger partial charge in [-0.2, -0.15) is 0 Å². The third kappa shape index (κ3) is 3.09. The molecule has 114 valence electrons. The van der Waals surface area contributed by atoms with E-state index in [1.54, 1.807) is 13.0 Å². The van der Waals surface area contributed by atoms with Crippen molar-refractivity contribution in [1.29, 1.82) is 0 Å². The van der Waals surface area contributed by atoms with Crippen molar-refractivity contribution >= 4 is 5.91 Å². The van der Waals surface area contributed by atoms with Gasteiger partial charge in [-0.1, -0.05) is 12.1 Å². The van der Waals surface area contributed by atoms with Crippen molar-refractivity contribution in [3.63, 3.8) is 0 Å². The van der Waals surface area contributed by atoms with Crippen molar-refractivity contribution in [1.82, 2.24) is 10.2 Å². The quantitative estimate of drug-likeness (QED) is 0.903. The maximum Gasteiger partial charge on any atom is 0.239 e. The number of hydrogen-bond donors (Lipinski definition) is 1. The van der Waals surface area contributed by atoms with E-state index in [0.29, 0.717) is 25.3 Å². The second-order valence-corrected chi connectivity index (χ2v) is 5.80. The normalized spacial score (nSPS) is 26.1. The lowest BCUT2D eigenvalue weighted by Gasteiger charge is -2.34. The summed E-state index contributed by atoms with van der Waals surface area (Å²) in [5, 5.41) is 3.24.